The highest BCUT2D eigenvalue weighted by atomic mass is 16.5. The molecule has 0 atom stereocenters. The van der Waals surface area contributed by atoms with Crippen LogP contribution in [-0.2, 0) is 4.74 Å². The second kappa shape index (κ2) is 4.97. The van der Waals surface area contributed by atoms with Crippen LogP contribution in [0.2, 0.25) is 0 Å². The van der Waals surface area contributed by atoms with Gasteiger partial charge in [-0.1, -0.05) is 6.42 Å². The quantitative estimate of drug-likeness (QED) is 0.717. The second-order valence-corrected chi connectivity index (χ2v) is 4.53. The van der Waals surface area contributed by atoms with Gasteiger partial charge in [-0.15, -0.1) is 0 Å². The van der Waals surface area contributed by atoms with Crippen molar-refractivity contribution in [2.45, 2.75) is 32.1 Å². The van der Waals surface area contributed by atoms with E-state index < -0.39 is 0 Å². The van der Waals surface area contributed by atoms with Crippen molar-refractivity contribution in [3.8, 4) is 0 Å². The van der Waals surface area contributed by atoms with Crippen LogP contribution in [0.25, 0.3) is 0 Å². The van der Waals surface area contributed by atoms with Crippen LogP contribution in [0.15, 0.2) is 0 Å². The van der Waals surface area contributed by atoms with Crippen LogP contribution in [0.1, 0.15) is 32.1 Å². The Kier molecular flexibility index (Phi) is 3.62. The SMILES string of the molecule is C1CC(COCC2CCNCC2)C1. The van der Waals surface area contributed by atoms with Crippen molar-refractivity contribution >= 4 is 0 Å². The van der Waals surface area contributed by atoms with Gasteiger partial charge >= 0.3 is 0 Å². The van der Waals surface area contributed by atoms with Gasteiger partial charge < -0.3 is 10.1 Å². The van der Waals surface area contributed by atoms with Crippen molar-refractivity contribution < 1.29 is 4.74 Å². The molecule has 1 heterocycles. The smallest absolute Gasteiger partial charge is 0.0495 e. The maximum absolute atomic E-state index is 5.75. The molecule has 1 aliphatic carbocycles. The van der Waals surface area contributed by atoms with E-state index in [0.717, 1.165) is 25.0 Å². The summed E-state index contributed by atoms with van der Waals surface area (Å²) in [5.41, 5.74) is 0. The van der Waals surface area contributed by atoms with Crippen molar-refractivity contribution in [1.82, 2.24) is 5.32 Å². The largest absolute Gasteiger partial charge is 0.381 e. The number of piperidine rings is 1. The summed E-state index contributed by atoms with van der Waals surface area (Å²) < 4.78 is 5.75. The molecule has 2 fully saturated rings. The van der Waals surface area contributed by atoms with Crippen LogP contribution < -0.4 is 5.32 Å². The van der Waals surface area contributed by atoms with Gasteiger partial charge in [0, 0.05) is 13.2 Å². The zero-order valence-corrected chi connectivity index (χ0v) is 8.43. The fraction of sp³-hybridized carbons (Fsp3) is 1.00. The molecular weight excluding hydrogens is 162 g/mol. The van der Waals surface area contributed by atoms with Crippen molar-refractivity contribution in [3.63, 3.8) is 0 Å². The van der Waals surface area contributed by atoms with E-state index in [1.165, 1.54) is 45.2 Å². The zero-order valence-electron chi connectivity index (χ0n) is 8.43. The van der Waals surface area contributed by atoms with Crippen LogP contribution in [0, 0.1) is 11.8 Å². The zero-order chi connectivity index (χ0) is 8.93. The Balaban J connectivity index is 1.50. The first-order chi connectivity index (χ1) is 6.45. The molecule has 0 aromatic carbocycles. The lowest BCUT2D eigenvalue weighted by Crippen LogP contribution is -2.30. The van der Waals surface area contributed by atoms with Crippen molar-refractivity contribution in [1.29, 1.82) is 0 Å². The number of hydrogen-bond acceptors (Lipinski definition) is 2. The Bertz CT molecular complexity index is 139. The van der Waals surface area contributed by atoms with Gasteiger partial charge in [0.1, 0.15) is 0 Å². The summed E-state index contributed by atoms with van der Waals surface area (Å²) in [5.74, 6) is 1.74. The molecule has 2 aliphatic rings. The van der Waals surface area contributed by atoms with E-state index in [1.807, 2.05) is 0 Å². The van der Waals surface area contributed by atoms with Gasteiger partial charge in [-0.25, -0.2) is 0 Å². The van der Waals surface area contributed by atoms with E-state index in [-0.39, 0.29) is 0 Å². The summed E-state index contributed by atoms with van der Waals surface area (Å²) in [7, 11) is 0. The third-order valence-electron chi connectivity index (χ3n) is 3.39. The molecule has 1 N–H and O–H groups in total. The molecule has 0 radical (unpaired) electrons. The van der Waals surface area contributed by atoms with Crippen molar-refractivity contribution in [2.24, 2.45) is 11.8 Å². The van der Waals surface area contributed by atoms with Gasteiger partial charge in [-0.3, -0.25) is 0 Å². The third-order valence-corrected chi connectivity index (χ3v) is 3.39. The number of ether oxygens (including phenoxy) is 1. The lowest BCUT2D eigenvalue weighted by Gasteiger charge is -2.27. The number of rotatable bonds is 4. The summed E-state index contributed by atoms with van der Waals surface area (Å²) in [5, 5.41) is 3.38. The highest BCUT2D eigenvalue weighted by molar-refractivity contribution is 4.70. The molecule has 1 saturated carbocycles. The van der Waals surface area contributed by atoms with Crippen LogP contribution >= 0.6 is 0 Å². The molecule has 0 aromatic heterocycles. The molecule has 2 rings (SSSR count). The fourth-order valence-electron chi connectivity index (χ4n) is 2.11. The van der Waals surface area contributed by atoms with Gasteiger partial charge in [-0.2, -0.15) is 0 Å². The van der Waals surface area contributed by atoms with Crippen LogP contribution in [0.3, 0.4) is 0 Å². The molecule has 0 unspecified atom stereocenters. The Morgan fingerprint density at radius 1 is 0.923 bits per heavy atom. The van der Waals surface area contributed by atoms with Gasteiger partial charge in [0.05, 0.1) is 0 Å². The summed E-state index contributed by atoms with van der Waals surface area (Å²) in [6, 6.07) is 0. The summed E-state index contributed by atoms with van der Waals surface area (Å²) in [6.45, 7) is 4.43. The first kappa shape index (κ1) is 9.47. The normalized spacial score (nSPS) is 25.8. The van der Waals surface area contributed by atoms with Crippen LogP contribution in [0.5, 0.6) is 0 Å². The number of hydrogen-bond donors (Lipinski definition) is 1. The Labute approximate surface area is 81.0 Å². The molecule has 2 nitrogen and oxygen atoms in total. The van der Waals surface area contributed by atoms with Gasteiger partial charge in [-0.05, 0) is 50.6 Å². The molecule has 2 heteroatoms. The third kappa shape index (κ3) is 2.96. The van der Waals surface area contributed by atoms with Crippen molar-refractivity contribution in [2.75, 3.05) is 26.3 Å². The minimum Gasteiger partial charge on any atom is -0.381 e. The maximum Gasteiger partial charge on any atom is 0.0495 e. The lowest BCUT2D eigenvalue weighted by atomic mass is 9.86. The molecular formula is C11H21NO. The van der Waals surface area contributed by atoms with Gasteiger partial charge in [0.15, 0.2) is 0 Å². The van der Waals surface area contributed by atoms with E-state index >= 15 is 0 Å². The standard InChI is InChI=1S/C11H21NO/c1-2-10(3-1)8-13-9-11-4-6-12-7-5-11/h10-12H,1-9H2. The van der Waals surface area contributed by atoms with Crippen LogP contribution in [-0.4, -0.2) is 26.3 Å². The van der Waals surface area contributed by atoms with E-state index in [0.29, 0.717) is 0 Å². The highest BCUT2D eigenvalue weighted by Gasteiger charge is 2.18. The number of nitrogens with one attached hydrogen (secondary N) is 1. The first-order valence-electron chi connectivity index (χ1n) is 5.73. The van der Waals surface area contributed by atoms with E-state index in [9.17, 15) is 0 Å². The summed E-state index contributed by atoms with van der Waals surface area (Å²) >= 11 is 0. The Morgan fingerprint density at radius 2 is 1.54 bits per heavy atom. The minimum absolute atomic E-state index is 0.835. The lowest BCUT2D eigenvalue weighted by molar-refractivity contribution is 0.0413. The predicted octanol–water partition coefficient (Wildman–Crippen LogP) is 1.80. The molecule has 76 valence electrons. The molecule has 0 amide bonds. The van der Waals surface area contributed by atoms with Crippen molar-refractivity contribution in [3.05, 3.63) is 0 Å². The molecule has 13 heavy (non-hydrogen) atoms. The Morgan fingerprint density at radius 3 is 2.08 bits per heavy atom. The molecule has 0 bridgehead atoms. The van der Waals surface area contributed by atoms with Gasteiger partial charge in [0.2, 0.25) is 0 Å². The summed E-state index contributed by atoms with van der Waals surface area (Å²) in [4.78, 5) is 0. The maximum atomic E-state index is 5.75. The van der Waals surface area contributed by atoms with Gasteiger partial charge in [0.25, 0.3) is 0 Å². The second-order valence-electron chi connectivity index (χ2n) is 4.53. The van der Waals surface area contributed by atoms with E-state index in [2.05, 4.69) is 5.32 Å². The first-order valence-corrected chi connectivity index (χ1v) is 5.73. The van der Waals surface area contributed by atoms with E-state index in [1.54, 1.807) is 0 Å². The molecule has 0 aromatic rings. The van der Waals surface area contributed by atoms with E-state index in [4.69, 9.17) is 4.74 Å². The summed E-state index contributed by atoms with van der Waals surface area (Å²) in [6.07, 6.45) is 6.87. The molecule has 1 saturated heterocycles. The predicted molar refractivity (Wildman–Crippen MR) is 53.8 cm³/mol. The molecule has 1 aliphatic heterocycles. The van der Waals surface area contributed by atoms with Crippen LogP contribution in [0.4, 0.5) is 0 Å². The monoisotopic (exact) mass is 183 g/mol. The average molecular weight is 183 g/mol. The minimum atomic E-state index is 0.835. The topological polar surface area (TPSA) is 21.3 Å². The average Bonchev–Trinajstić information content (AvgIpc) is 2.11. The fourth-order valence-corrected chi connectivity index (χ4v) is 2.11. The highest BCUT2D eigenvalue weighted by Crippen LogP contribution is 2.26. The Hall–Kier alpha value is -0.0800. The molecule has 0 spiro atoms.